The Kier molecular flexibility index (Phi) is 9.17. The number of H-pyrrole nitrogens is 1. The van der Waals surface area contributed by atoms with Gasteiger partial charge in [-0.15, -0.1) is 0 Å². The average Bonchev–Trinajstić information content (AvgIpc) is 3.56. The van der Waals surface area contributed by atoms with E-state index >= 15 is 0 Å². The van der Waals surface area contributed by atoms with E-state index in [9.17, 15) is 18.0 Å². The first-order valence-electron chi connectivity index (χ1n) is 14.7. The minimum absolute atomic E-state index is 0.0453. The molecule has 2 aliphatic heterocycles. The number of nitrogens with two attached hydrogens (primary N) is 2. The molecule has 5 N–H and O–H groups in total. The molecule has 13 heteroatoms. The molecule has 2 saturated heterocycles. The van der Waals surface area contributed by atoms with Crippen molar-refractivity contribution in [3.63, 3.8) is 0 Å². The van der Waals surface area contributed by atoms with Gasteiger partial charge in [0.2, 0.25) is 15.9 Å². The zero-order chi connectivity index (χ0) is 30.2. The number of likely N-dealkylation sites (tertiary alicyclic amines) is 1. The van der Waals surface area contributed by atoms with E-state index in [0.717, 1.165) is 50.5 Å². The van der Waals surface area contributed by atoms with Crippen molar-refractivity contribution in [2.75, 3.05) is 25.9 Å². The van der Waals surface area contributed by atoms with Crippen LogP contribution in [0.3, 0.4) is 0 Å². The molecule has 0 radical (unpaired) electrons. The monoisotopic (exact) mass is 620 g/mol. The molecule has 0 bridgehead atoms. The van der Waals surface area contributed by atoms with Crippen LogP contribution in [-0.2, 0) is 14.8 Å². The minimum Gasteiger partial charge on any atom is -0.411 e. The maximum atomic E-state index is 14.0. The molecule has 11 nitrogen and oxygen atoms in total. The van der Waals surface area contributed by atoms with Gasteiger partial charge in [0, 0.05) is 37.2 Å². The molecule has 3 atom stereocenters. The number of amides is 2. The molecule has 0 unspecified atom stereocenters. The SMILES string of the molecule is C[C@H](N)[C@H]1CC[C@H](C(=O)N2C[C@@H](C3CCN(S(C)(=O)=O)CC3)C[C@H]2c2nc(Cl)c(-c3ccc(OC(N)=O)cc3)[nH]2)CC1. The first-order chi connectivity index (χ1) is 19.9. The van der Waals surface area contributed by atoms with Gasteiger partial charge in [0.05, 0.1) is 18.0 Å². The van der Waals surface area contributed by atoms with Crippen LogP contribution >= 0.6 is 11.6 Å². The topological polar surface area (TPSA) is 165 Å². The highest BCUT2D eigenvalue weighted by Gasteiger charge is 2.44. The number of hydrogen-bond donors (Lipinski definition) is 3. The fourth-order valence-electron chi connectivity index (χ4n) is 7.04. The molecule has 3 aliphatic rings. The van der Waals surface area contributed by atoms with Gasteiger partial charge >= 0.3 is 6.09 Å². The Hall–Kier alpha value is -2.67. The Morgan fingerprint density at radius 2 is 1.71 bits per heavy atom. The molecule has 5 rings (SSSR count). The molecular weight excluding hydrogens is 580 g/mol. The number of piperidine rings is 1. The van der Waals surface area contributed by atoms with E-state index in [1.54, 1.807) is 28.6 Å². The Bertz CT molecular complexity index is 1380. The van der Waals surface area contributed by atoms with Crippen molar-refractivity contribution in [3.05, 3.63) is 35.2 Å². The normalized spacial score (nSPS) is 26.7. The number of hydrogen-bond acceptors (Lipinski definition) is 7. The number of carbonyl (C=O) groups excluding carboxylic acids is 2. The van der Waals surface area contributed by atoms with Crippen molar-refractivity contribution < 1.29 is 22.7 Å². The molecule has 3 fully saturated rings. The minimum atomic E-state index is -3.21. The van der Waals surface area contributed by atoms with Crippen molar-refractivity contribution in [3.8, 4) is 17.0 Å². The Balaban J connectivity index is 1.37. The van der Waals surface area contributed by atoms with E-state index in [-0.39, 0.29) is 29.8 Å². The summed E-state index contributed by atoms with van der Waals surface area (Å²) in [5.41, 5.74) is 12.6. The standard InChI is InChI=1S/C29H41ClN6O5S/c1-17(31)18-3-5-21(6-4-18)28(37)36-16-22(19-11-13-35(14-12-19)42(2,39)40)15-24(36)27-33-25(26(30)34-27)20-7-9-23(10-8-20)41-29(32)38/h7-10,17-19,21-22,24H,3-6,11-16,31H2,1-2H3,(H2,32,38)(H,33,34)/t17-,18-,21-,22-,24-/m0/s1. The first-order valence-corrected chi connectivity index (χ1v) is 17.0. The van der Waals surface area contributed by atoms with E-state index < -0.39 is 16.1 Å². The van der Waals surface area contributed by atoms with Gasteiger partial charge in [-0.2, -0.15) is 0 Å². The molecule has 2 amide bonds. The van der Waals surface area contributed by atoms with Gasteiger partial charge in [-0.1, -0.05) is 11.6 Å². The van der Waals surface area contributed by atoms with E-state index in [1.165, 1.54) is 6.26 Å². The Labute approximate surface area is 252 Å². The number of aromatic nitrogens is 2. The van der Waals surface area contributed by atoms with Crippen LogP contribution < -0.4 is 16.2 Å². The fourth-order valence-corrected chi connectivity index (χ4v) is 8.16. The lowest BCUT2D eigenvalue weighted by molar-refractivity contribution is -0.138. The number of benzene rings is 1. The number of nitrogens with zero attached hydrogens (tertiary/aromatic N) is 3. The van der Waals surface area contributed by atoms with Crippen LogP contribution in [-0.4, -0.2) is 71.5 Å². The van der Waals surface area contributed by atoms with E-state index in [2.05, 4.69) is 9.97 Å². The second-order valence-electron chi connectivity index (χ2n) is 12.2. The lowest BCUT2D eigenvalue weighted by Crippen LogP contribution is -2.41. The second-order valence-corrected chi connectivity index (χ2v) is 14.5. The molecular formula is C29H41ClN6O5S. The predicted octanol–water partition coefficient (Wildman–Crippen LogP) is 3.90. The number of rotatable bonds is 7. The van der Waals surface area contributed by atoms with Crippen LogP contribution in [0.4, 0.5) is 4.79 Å². The third-order valence-corrected chi connectivity index (χ3v) is 11.0. The number of sulfonamides is 1. The number of halogens is 1. The van der Waals surface area contributed by atoms with Gasteiger partial charge in [-0.05, 0) is 93.9 Å². The fraction of sp³-hybridized carbons (Fsp3) is 0.621. The number of primary amides is 1. The van der Waals surface area contributed by atoms with E-state index in [1.807, 2.05) is 11.8 Å². The van der Waals surface area contributed by atoms with Crippen LogP contribution in [0, 0.1) is 23.7 Å². The van der Waals surface area contributed by atoms with Gasteiger partial charge in [-0.25, -0.2) is 22.5 Å². The van der Waals surface area contributed by atoms with Crippen molar-refractivity contribution in [2.24, 2.45) is 35.1 Å². The number of ether oxygens (including phenoxy) is 1. The number of nitrogens with one attached hydrogen (secondary N) is 1. The van der Waals surface area contributed by atoms with E-state index in [0.29, 0.717) is 53.9 Å². The van der Waals surface area contributed by atoms with Crippen LogP contribution in [0.15, 0.2) is 24.3 Å². The quantitative estimate of drug-likeness (QED) is 0.422. The zero-order valence-electron chi connectivity index (χ0n) is 24.2. The smallest absolute Gasteiger partial charge is 0.409 e. The molecule has 1 saturated carbocycles. The zero-order valence-corrected chi connectivity index (χ0v) is 25.7. The molecule has 0 spiro atoms. The van der Waals surface area contributed by atoms with Crippen LogP contribution in [0.25, 0.3) is 11.3 Å². The molecule has 1 aromatic heterocycles. The van der Waals surface area contributed by atoms with Crippen LogP contribution in [0.1, 0.15) is 63.7 Å². The highest BCUT2D eigenvalue weighted by atomic mass is 35.5. The summed E-state index contributed by atoms with van der Waals surface area (Å²) in [6, 6.07) is 6.63. The summed E-state index contributed by atoms with van der Waals surface area (Å²) in [5, 5.41) is 0.295. The van der Waals surface area contributed by atoms with E-state index in [4.69, 9.17) is 27.8 Å². The summed E-state index contributed by atoms with van der Waals surface area (Å²) in [6.45, 7) is 3.67. The number of imidazole rings is 1. The first kappa shape index (κ1) is 30.8. The molecule has 1 aromatic carbocycles. The molecule has 3 heterocycles. The maximum absolute atomic E-state index is 14.0. The van der Waals surface area contributed by atoms with Gasteiger partial charge in [-0.3, -0.25) is 4.79 Å². The summed E-state index contributed by atoms with van der Waals surface area (Å²) in [5.74, 6) is 2.07. The molecule has 42 heavy (non-hydrogen) atoms. The molecule has 2 aromatic rings. The third-order valence-electron chi connectivity index (χ3n) is 9.47. The summed E-state index contributed by atoms with van der Waals surface area (Å²) < 4.78 is 30.6. The summed E-state index contributed by atoms with van der Waals surface area (Å²) in [7, 11) is -3.21. The van der Waals surface area contributed by atoms with Crippen LogP contribution in [0.5, 0.6) is 5.75 Å². The number of carbonyl (C=O) groups is 2. The summed E-state index contributed by atoms with van der Waals surface area (Å²) >= 11 is 6.62. The van der Waals surface area contributed by atoms with Crippen LogP contribution in [0.2, 0.25) is 5.15 Å². The summed E-state index contributed by atoms with van der Waals surface area (Å²) in [6.07, 6.45) is 6.21. The molecule has 230 valence electrons. The van der Waals surface area contributed by atoms with Crippen molar-refractivity contribution in [2.45, 2.75) is 64.0 Å². The largest absolute Gasteiger partial charge is 0.411 e. The lowest BCUT2D eigenvalue weighted by atomic mass is 9.78. The van der Waals surface area contributed by atoms with Crippen molar-refractivity contribution in [1.29, 1.82) is 0 Å². The lowest BCUT2D eigenvalue weighted by Gasteiger charge is -2.34. The molecule has 1 aliphatic carbocycles. The number of aromatic amines is 1. The second kappa shape index (κ2) is 12.5. The van der Waals surface area contributed by atoms with Gasteiger partial charge < -0.3 is 26.1 Å². The van der Waals surface area contributed by atoms with Gasteiger partial charge in [0.15, 0.2) is 5.15 Å². The van der Waals surface area contributed by atoms with Gasteiger partial charge in [0.25, 0.3) is 0 Å². The highest BCUT2D eigenvalue weighted by Crippen LogP contribution is 2.44. The van der Waals surface area contributed by atoms with Gasteiger partial charge in [0.1, 0.15) is 11.6 Å². The highest BCUT2D eigenvalue weighted by molar-refractivity contribution is 7.88. The predicted molar refractivity (Wildman–Crippen MR) is 160 cm³/mol. The average molecular weight is 621 g/mol. The third kappa shape index (κ3) is 6.77. The van der Waals surface area contributed by atoms with Crippen molar-refractivity contribution >= 4 is 33.6 Å². The Morgan fingerprint density at radius 1 is 1.07 bits per heavy atom. The maximum Gasteiger partial charge on any atom is 0.409 e. The summed E-state index contributed by atoms with van der Waals surface area (Å²) in [4.78, 5) is 35.2. The van der Waals surface area contributed by atoms with Crippen molar-refractivity contribution in [1.82, 2.24) is 19.2 Å². The Morgan fingerprint density at radius 3 is 2.29 bits per heavy atom.